The maximum atomic E-state index is 11.1. The van der Waals surface area contributed by atoms with Crippen LogP contribution in [0.5, 0.6) is 0 Å². The van der Waals surface area contributed by atoms with Crippen LogP contribution in [0, 0.1) is 6.92 Å². The van der Waals surface area contributed by atoms with E-state index in [9.17, 15) is 4.21 Å². The summed E-state index contributed by atoms with van der Waals surface area (Å²) in [6.07, 6.45) is 5.28. The minimum atomic E-state index is -0.771. The summed E-state index contributed by atoms with van der Waals surface area (Å²) < 4.78 is 11.1. The summed E-state index contributed by atoms with van der Waals surface area (Å²) in [4.78, 5) is 11.6. The number of nitrogens with one attached hydrogen (secondary N) is 1. The lowest BCUT2D eigenvalue weighted by Crippen LogP contribution is -2.11. The van der Waals surface area contributed by atoms with Gasteiger partial charge >= 0.3 is 0 Å². The predicted octanol–water partition coefficient (Wildman–Crippen LogP) is 2.28. The first-order valence-corrected chi connectivity index (χ1v) is 9.02. The molecule has 1 aliphatic carbocycles. The Labute approximate surface area is 119 Å². The first-order chi connectivity index (χ1) is 9.15. The van der Waals surface area contributed by atoms with Crippen molar-refractivity contribution in [3.05, 3.63) is 16.3 Å². The molecule has 1 atom stereocenters. The molecule has 2 heterocycles. The summed E-state index contributed by atoms with van der Waals surface area (Å²) in [5.41, 5.74) is 1.43. The standard InChI is InChI=1S/C13H17N3OS2/c1-8-15-12(14-6-7-19(2)17)11-9-4-3-5-10(9)18-13(11)16-8/h3-7H2,1-2H3,(H,14,15,16)/t19-/m1/s1. The third-order valence-corrected chi connectivity index (χ3v) is 5.32. The van der Waals surface area contributed by atoms with Gasteiger partial charge in [-0.3, -0.25) is 4.21 Å². The lowest BCUT2D eigenvalue weighted by atomic mass is 10.2. The second-order valence-electron chi connectivity index (χ2n) is 4.86. The molecule has 0 aliphatic heterocycles. The number of anilines is 1. The average molecular weight is 295 g/mol. The van der Waals surface area contributed by atoms with Crippen molar-refractivity contribution in [3.63, 3.8) is 0 Å². The Morgan fingerprint density at radius 1 is 1.37 bits per heavy atom. The van der Waals surface area contributed by atoms with Crippen LogP contribution in [-0.4, -0.2) is 32.7 Å². The number of nitrogens with zero attached hydrogens (tertiary/aromatic N) is 2. The van der Waals surface area contributed by atoms with Crippen molar-refractivity contribution in [1.82, 2.24) is 9.97 Å². The minimum absolute atomic E-state index is 0.650. The van der Waals surface area contributed by atoms with Crippen molar-refractivity contribution in [2.75, 3.05) is 23.9 Å². The monoisotopic (exact) mass is 295 g/mol. The van der Waals surface area contributed by atoms with Crippen molar-refractivity contribution in [3.8, 4) is 0 Å². The predicted molar refractivity (Wildman–Crippen MR) is 81.6 cm³/mol. The van der Waals surface area contributed by atoms with Gasteiger partial charge in [-0.05, 0) is 31.7 Å². The fraction of sp³-hybridized carbons (Fsp3) is 0.538. The zero-order valence-corrected chi connectivity index (χ0v) is 12.8. The number of aromatic nitrogens is 2. The van der Waals surface area contributed by atoms with E-state index < -0.39 is 10.8 Å². The van der Waals surface area contributed by atoms with Gasteiger partial charge in [0.15, 0.2) is 0 Å². The number of hydrogen-bond donors (Lipinski definition) is 1. The second kappa shape index (κ2) is 5.17. The highest BCUT2D eigenvalue weighted by Crippen LogP contribution is 2.39. The average Bonchev–Trinajstić information content (AvgIpc) is 2.87. The molecular weight excluding hydrogens is 278 g/mol. The molecule has 0 saturated carbocycles. The summed E-state index contributed by atoms with van der Waals surface area (Å²) in [5.74, 6) is 2.37. The second-order valence-corrected chi connectivity index (χ2v) is 7.50. The molecule has 0 unspecified atom stereocenters. The van der Waals surface area contributed by atoms with Crippen LogP contribution in [0.25, 0.3) is 10.2 Å². The molecule has 0 aromatic carbocycles. The molecule has 3 rings (SSSR count). The van der Waals surface area contributed by atoms with Gasteiger partial charge in [-0.15, -0.1) is 11.3 Å². The van der Waals surface area contributed by atoms with E-state index >= 15 is 0 Å². The van der Waals surface area contributed by atoms with E-state index in [2.05, 4.69) is 15.3 Å². The van der Waals surface area contributed by atoms with Crippen LogP contribution in [0.1, 0.15) is 22.7 Å². The highest BCUT2D eigenvalue weighted by molar-refractivity contribution is 7.84. The Hall–Kier alpha value is -1.01. The molecule has 0 spiro atoms. The molecule has 6 heteroatoms. The Morgan fingerprint density at radius 2 is 2.21 bits per heavy atom. The van der Waals surface area contributed by atoms with Gasteiger partial charge in [0, 0.05) is 34.2 Å². The molecule has 2 aromatic rings. The van der Waals surface area contributed by atoms with Gasteiger partial charge in [0.1, 0.15) is 16.5 Å². The Balaban J connectivity index is 1.99. The molecule has 0 amide bonds. The van der Waals surface area contributed by atoms with Crippen LogP contribution in [0.4, 0.5) is 5.82 Å². The number of fused-ring (bicyclic) bond motifs is 3. The Morgan fingerprint density at radius 3 is 3.00 bits per heavy atom. The van der Waals surface area contributed by atoms with Crippen LogP contribution in [0.2, 0.25) is 0 Å². The van der Waals surface area contributed by atoms with E-state index in [4.69, 9.17) is 0 Å². The quantitative estimate of drug-likeness (QED) is 0.940. The molecule has 1 N–H and O–H groups in total. The van der Waals surface area contributed by atoms with Gasteiger partial charge in [-0.2, -0.15) is 0 Å². The SMILES string of the molecule is Cc1nc(NCC[S@@](C)=O)c2c3c(sc2n1)CCC3. The summed E-state index contributed by atoms with van der Waals surface area (Å²) >= 11 is 1.80. The fourth-order valence-electron chi connectivity index (χ4n) is 2.54. The van der Waals surface area contributed by atoms with E-state index in [1.54, 1.807) is 17.6 Å². The summed E-state index contributed by atoms with van der Waals surface area (Å²) in [6.45, 7) is 2.62. The highest BCUT2D eigenvalue weighted by atomic mass is 32.2. The van der Waals surface area contributed by atoms with Gasteiger partial charge in [-0.1, -0.05) is 0 Å². The van der Waals surface area contributed by atoms with Crippen LogP contribution in [0.3, 0.4) is 0 Å². The van der Waals surface area contributed by atoms with Crippen LogP contribution in [-0.2, 0) is 23.6 Å². The lowest BCUT2D eigenvalue weighted by molar-refractivity contribution is 0.687. The summed E-state index contributed by atoms with van der Waals surface area (Å²) in [6, 6.07) is 0. The van der Waals surface area contributed by atoms with Gasteiger partial charge < -0.3 is 5.32 Å². The number of rotatable bonds is 4. The highest BCUT2D eigenvalue weighted by Gasteiger charge is 2.21. The first-order valence-electron chi connectivity index (χ1n) is 6.48. The number of aryl methyl sites for hydroxylation is 3. The fourth-order valence-corrected chi connectivity index (χ4v) is 4.24. The molecule has 0 saturated heterocycles. The van der Waals surface area contributed by atoms with Gasteiger partial charge in [0.2, 0.25) is 0 Å². The van der Waals surface area contributed by atoms with Gasteiger partial charge in [0.05, 0.1) is 5.39 Å². The number of hydrogen-bond acceptors (Lipinski definition) is 5. The van der Waals surface area contributed by atoms with Crippen molar-refractivity contribution < 1.29 is 4.21 Å². The molecule has 0 fully saturated rings. The van der Waals surface area contributed by atoms with Gasteiger partial charge in [-0.25, -0.2) is 9.97 Å². The smallest absolute Gasteiger partial charge is 0.138 e. The van der Waals surface area contributed by atoms with Crippen LogP contribution >= 0.6 is 11.3 Å². The van der Waals surface area contributed by atoms with E-state index in [0.29, 0.717) is 12.3 Å². The summed E-state index contributed by atoms with van der Waals surface area (Å²) in [7, 11) is -0.771. The van der Waals surface area contributed by atoms with Crippen molar-refractivity contribution >= 4 is 38.2 Å². The zero-order chi connectivity index (χ0) is 13.4. The third-order valence-electron chi connectivity index (χ3n) is 3.36. The third kappa shape index (κ3) is 2.51. The van der Waals surface area contributed by atoms with Crippen LogP contribution < -0.4 is 5.32 Å². The largest absolute Gasteiger partial charge is 0.368 e. The van der Waals surface area contributed by atoms with Crippen molar-refractivity contribution in [2.24, 2.45) is 0 Å². The van der Waals surface area contributed by atoms with E-state index in [1.165, 1.54) is 28.7 Å². The molecule has 2 aromatic heterocycles. The van der Waals surface area contributed by atoms with Crippen molar-refractivity contribution in [1.29, 1.82) is 0 Å². The normalized spacial score (nSPS) is 15.7. The Bertz CT molecular complexity index is 651. The lowest BCUT2D eigenvalue weighted by Gasteiger charge is -2.08. The van der Waals surface area contributed by atoms with E-state index in [1.807, 2.05) is 6.92 Å². The number of thiophene rings is 1. The molecule has 19 heavy (non-hydrogen) atoms. The van der Waals surface area contributed by atoms with E-state index in [-0.39, 0.29) is 0 Å². The summed E-state index contributed by atoms with van der Waals surface area (Å²) in [5, 5.41) is 4.54. The zero-order valence-electron chi connectivity index (χ0n) is 11.2. The molecule has 1 aliphatic rings. The molecular formula is C13H17N3OS2. The molecule has 4 nitrogen and oxygen atoms in total. The molecule has 0 radical (unpaired) electrons. The maximum Gasteiger partial charge on any atom is 0.138 e. The molecule has 102 valence electrons. The van der Waals surface area contributed by atoms with Gasteiger partial charge in [0.25, 0.3) is 0 Å². The first kappa shape index (κ1) is 13.0. The van der Waals surface area contributed by atoms with Crippen LogP contribution in [0.15, 0.2) is 0 Å². The van der Waals surface area contributed by atoms with Crippen molar-refractivity contribution in [2.45, 2.75) is 26.2 Å². The molecule has 0 bridgehead atoms. The minimum Gasteiger partial charge on any atom is -0.368 e. The van der Waals surface area contributed by atoms with E-state index in [0.717, 1.165) is 22.9 Å². The topological polar surface area (TPSA) is 54.9 Å². The maximum absolute atomic E-state index is 11.1. The Kier molecular flexibility index (Phi) is 3.54.